The summed E-state index contributed by atoms with van der Waals surface area (Å²) >= 11 is 0. The van der Waals surface area contributed by atoms with Gasteiger partial charge in [-0.2, -0.15) is 0 Å². The van der Waals surface area contributed by atoms with Gasteiger partial charge in [0.05, 0.1) is 0 Å². The maximum absolute atomic E-state index is 2.78. The van der Waals surface area contributed by atoms with E-state index in [1.807, 2.05) is 0 Å². The molecule has 0 spiro atoms. The van der Waals surface area contributed by atoms with Crippen molar-refractivity contribution in [3.05, 3.63) is 0 Å². The van der Waals surface area contributed by atoms with Gasteiger partial charge in [-0.05, 0) is 61.2 Å². The molecule has 0 aliphatic carbocycles. The predicted molar refractivity (Wildman–Crippen MR) is 100 cm³/mol. The van der Waals surface area contributed by atoms with E-state index < -0.39 is 0 Å². The Labute approximate surface area is 141 Å². The van der Waals surface area contributed by atoms with Gasteiger partial charge in [-0.25, -0.2) is 0 Å². The van der Waals surface area contributed by atoms with Crippen molar-refractivity contribution in [2.24, 2.45) is 47.3 Å². The zero-order valence-electron chi connectivity index (χ0n) is 17.1. The summed E-state index contributed by atoms with van der Waals surface area (Å²) in [6, 6.07) is 0.668. The molecule has 0 radical (unpaired) electrons. The van der Waals surface area contributed by atoms with Crippen molar-refractivity contribution in [1.29, 1.82) is 0 Å². The van der Waals surface area contributed by atoms with E-state index in [4.69, 9.17) is 0 Å². The molecule has 4 atom stereocenters. The first-order valence-corrected chi connectivity index (χ1v) is 9.81. The molecule has 0 bridgehead atoms. The molecule has 0 aromatic carbocycles. The van der Waals surface area contributed by atoms with Crippen LogP contribution in [0, 0.1) is 47.3 Å². The fourth-order valence-corrected chi connectivity index (χ4v) is 5.04. The molecule has 1 nitrogen and oxygen atoms in total. The van der Waals surface area contributed by atoms with Crippen molar-refractivity contribution < 1.29 is 0 Å². The maximum atomic E-state index is 2.78. The zero-order valence-corrected chi connectivity index (χ0v) is 17.1. The van der Waals surface area contributed by atoms with Crippen molar-refractivity contribution >= 4 is 0 Å². The summed E-state index contributed by atoms with van der Waals surface area (Å²) in [5.74, 6) is 6.51. The minimum atomic E-state index is 0.668. The molecule has 0 N–H and O–H groups in total. The highest BCUT2D eigenvalue weighted by Gasteiger charge is 2.44. The molecule has 0 amide bonds. The summed E-state index contributed by atoms with van der Waals surface area (Å²) in [7, 11) is 0. The molecule has 1 saturated heterocycles. The second kappa shape index (κ2) is 8.18. The molecule has 1 heteroatoms. The molecular formula is C21H43N. The Kier molecular flexibility index (Phi) is 7.43. The van der Waals surface area contributed by atoms with Gasteiger partial charge >= 0.3 is 0 Å². The molecule has 0 aromatic heterocycles. The van der Waals surface area contributed by atoms with E-state index in [1.54, 1.807) is 0 Å². The van der Waals surface area contributed by atoms with Crippen LogP contribution in [0.2, 0.25) is 0 Å². The second-order valence-corrected chi connectivity index (χ2v) is 9.51. The number of likely N-dealkylation sites (tertiary alicyclic amines) is 1. The fourth-order valence-electron chi connectivity index (χ4n) is 5.04. The largest absolute Gasteiger partial charge is 0.300 e. The fraction of sp³-hybridized carbons (Fsp3) is 1.00. The summed E-state index contributed by atoms with van der Waals surface area (Å²) in [4.78, 5) is 2.78. The highest BCUT2D eigenvalue weighted by Crippen LogP contribution is 2.46. The maximum Gasteiger partial charge on any atom is 0.00388 e. The van der Waals surface area contributed by atoms with Crippen molar-refractivity contribution in [1.82, 2.24) is 4.90 Å². The van der Waals surface area contributed by atoms with Crippen molar-refractivity contribution in [2.45, 2.75) is 75.3 Å². The van der Waals surface area contributed by atoms with Crippen LogP contribution in [-0.4, -0.2) is 24.0 Å². The number of rotatable bonds is 5. The Balaban J connectivity index is 3.31. The van der Waals surface area contributed by atoms with Crippen LogP contribution in [0.25, 0.3) is 0 Å². The smallest absolute Gasteiger partial charge is 0.00388 e. The third kappa shape index (κ3) is 4.49. The Morgan fingerprint density at radius 3 is 1.05 bits per heavy atom. The minimum absolute atomic E-state index is 0.668. The lowest BCUT2D eigenvalue weighted by Crippen LogP contribution is -2.39. The van der Waals surface area contributed by atoms with Crippen LogP contribution in [-0.2, 0) is 0 Å². The van der Waals surface area contributed by atoms with Gasteiger partial charge in [0.25, 0.3) is 0 Å². The highest BCUT2D eigenvalue weighted by atomic mass is 15.2. The SMILES string of the molecule is CC(C)C1CN(C(C)C)CC(C(C)C)C(C(C)C)C1C(C)C. The van der Waals surface area contributed by atoms with Gasteiger partial charge in [0.2, 0.25) is 0 Å². The Morgan fingerprint density at radius 2 is 0.864 bits per heavy atom. The lowest BCUT2D eigenvalue weighted by Gasteiger charge is -2.43. The molecule has 1 aliphatic heterocycles. The predicted octanol–water partition coefficient (Wildman–Crippen LogP) is 5.80. The third-order valence-electron chi connectivity index (χ3n) is 6.31. The standard InChI is InChI=1S/C21H43N/c1-13(2)18-11-22(17(9)10)12-19(14(3)4)21(16(7)8)20(18)15(5)6/h13-21H,11-12H2,1-10H3. The molecule has 0 aromatic rings. The van der Waals surface area contributed by atoms with E-state index >= 15 is 0 Å². The molecule has 1 fully saturated rings. The first-order valence-electron chi connectivity index (χ1n) is 9.81. The van der Waals surface area contributed by atoms with Crippen molar-refractivity contribution in [3.8, 4) is 0 Å². The summed E-state index contributed by atoms with van der Waals surface area (Å²) in [5.41, 5.74) is 0. The van der Waals surface area contributed by atoms with Gasteiger partial charge in [0, 0.05) is 19.1 Å². The summed E-state index contributed by atoms with van der Waals surface area (Å²) in [6.07, 6.45) is 0. The zero-order chi connectivity index (χ0) is 17.2. The van der Waals surface area contributed by atoms with E-state index in [9.17, 15) is 0 Å². The summed E-state index contributed by atoms with van der Waals surface area (Å²) in [6.45, 7) is 27.0. The van der Waals surface area contributed by atoms with E-state index in [0.29, 0.717) is 6.04 Å². The van der Waals surface area contributed by atoms with Gasteiger partial charge in [-0.15, -0.1) is 0 Å². The molecular weight excluding hydrogens is 266 g/mol. The lowest BCUT2D eigenvalue weighted by molar-refractivity contribution is 0.0587. The lowest BCUT2D eigenvalue weighted by atomic mass is 9.62. The average Bonchev–Trinajstić information content (AvgIpc) is 2.55. The first kappa shape index (κ1) is 20.0. The van der Waals surface area contributed by atoms with Crippen LogP contribution in [0.5, 0.6) is 0 Å². The molecule has 132 valence electrons. The van der Waals surface area contributed by atoms with Gasteiger partial charge < -0.3 is 4.90 Å². The number of hydrogen-bond acceptors (Lipinski definition) is 1. The monoisotopic (exact) mass is 309 g/mol. The second-order valence-electron chi connectivity index (χ2n) is 9.51. The normalized spacial score (nSPS) is 31.8. The van der Waals surface area contributed by atoms with Crippen molar-refractivity contribution in [3.63, 3.8) is 0 Å². The molecule has 1 rings (SSSR count). The summed E-state index contributed by atoms with van der Waals surface area (Å²) < 4.78 is 0. The minimum Gasteiger partial charge on any atom is -0.300 e. The first-order chi connectivity index (χ1) is 10.1. The van der Waals surface area contributed by atoms with Crippen LogP contribution < -0.4 is 0 Å². The molecule has 1 heterocycles. The molecule has 1 aliphatic rings. The molecule has 4 unspecified atom stereocenters. The van der Waals surface area contributed by atoms with Gasteiger partial charge in [0.15, 0.2) is 0 Å². The van der Waals surface area contributed by atoms with Crippen LogP contribution >= 0.6 is 0 Å². The van der Waals surface area contributed by atoms with Crippen LogP contribution in [0.4, 0.5) is 0 Å². The highest BCUT2D eigenvalue weighted by molar-refractivity contribution is 4.93. The molecule has 0 saturated carbocycles. The molecule has 22 heavy (non-hydrogen) atoms. The van der Waals surface area contributed by atoms with E-state index in [2.05, 4.69) is 74.1 Å². The summed E-state index contributed by atoms with van der Waals surface area (Å²) in [5, 5.41) is 0. The van der Waals surface area contributed by atoms with E-state index in [-0.39, 0.29) is 0 Å². The van der Waals surface area contributed by atoms with Gasteiger partial charge in [-0.1, -0.05) is 55.4 Å². The van der Waals surface area contributed by atoms with Crippen LogP contribution in [0.1, 0.15) is 69.2 Å². The van der Waals surface area contributed by atoms with Gasteiger partial charge in [0.1, 0.15) is 0 Å². The van der Waals surface area contributed by atoms with E-state index in [1.165, 1.54) is 13.1 Å². The Hall–Kier alpha value is -0.0400. The van der Waals surface area contributed by atoms with E-state index in [0.717, 1.165) is 47.3 Å². The Morgan fingerprint density at radius 1 is 0.545 bits per heavy atom. The van der Waals surface area contributed by atoms with Crippen LogP contribution in [0.3, 0.4) is 0 Å². The van der Waals surface area contributed by atoms with Gasteiger partial charge in [-0.3, -0.25) is 0 Å². The Bertz CT molecular complexity index is 288. The third-order valence-corrected chi connectivity index (χ3v) is 6.31. The quantitative estimate of drug-likeness (QED) is 0.620. The number of nitrogens with zero attached hydrogens (tertiary/aromatic N) is 1. The van der Waals surface area contributed by atoms with Crippen molar-refractivity contribution in [2.75, 3.05) is 13.1 Å². The number of hydrogen-bond donors (Lipinski definition) is 0. The topological polar surface area (TPSA) is 3.24 Å². The average molecular weight is 310 g/mol. The van der Waals surface area contributed by atoms with Crippen LogP contribution in [0.15, 0.2) is 0 Å².